The summed E-state index contributed by atoms with van der Waals surface area (Å²) in [5.74, 6) is 3.71. The van der Waals surface area contributed by atoms with E-state index in [1.54, 1.807) is 65.4 Å². The molecule has 145 heavy (non-hydrogen) atoms. The molecule has 1 saturated heterocycles. The van der Waals surface area contributed by atoms with E-state index in [0.29, 0.717) is 115 Å². The lowest BCUT2D eigenvalue weighted by atomic mass is 10.1. The number of carbonyl (C=O) groups excluding carboxylic acids is 4. The number of anilines is 17. The van der Waals surface area contributed by atoms with Gasteiger partial charge in [0.25, 0.3) is 0 Å². The third-order valence-electron chi connectivity index (χ3n) is 23.5. The summed E-state index contributed by atoms with van der Waals surface area (Å²) in [5, 5.41) is 28.1. The van der Waals surface area contributed by atoms with Crippen molar-refractivity contribution in [1.82, 2.24) is 93.1 Å². The number of piperidine rings is 1. The fraction of sp³-hybridized carbons (Fsp3) is 0.308. The SMILES string of the molecule is C=CC(=O)Nc1cc(Nc2ncc(Cl)c(-c3ccc4c(ccn4C)c3)n2)c(OC)cc1N(C)CCN(C)C.C=CC(=O)Nc1cc(Nc2nccc(-c3cnc4c(ccn4C)c3)n2)c(OC)cc1N(C)CCN(C)C.C=CC(=O)Nc1cc(Nc2ncnc(-c3cnc4c(ccn4C)c3)n2)c(OC)cc1N(C)CCN(C)C.C=CC(=O)Nc1cc(Nc2ncnc(N3CCCCC3)n2)c(OC)cc1N(C)CCN(C)C. The lowest BCUT2D eigenvalue weighted by Gasteiger charge is -2.27. The number of aryl methyl sites for hydroxylation is 3. The Kier molecular flexibility index (Phi) is 37.6. The Hall–Kier alpha value is -16.4. The van der Waals surface area contributed by atoms with Gasteiger partial charge >= 0.3 is 0 Å². The van der Waals surface area contributed by atoms with Gasteiger partial charge in [0.2, 0.25) is 53.4 Å². The first-order chi connectivity index (χ1) is 69.7. The number of nitrogens with zero attached hydrogens (tertiary/aromatic N) is 24. The molecule has 4 amide bonds. The normalized spacial score (nSPS) is 11.6. The number of aromatic nitrogens is 15. The highest BCUT2D eigenvalue weighted by Gasteiger charge is 2.26. The highest BCUT2D eigenvalue weighted by molar-refractivity contribution is 6.33. The van der Waals surface area contributed by atoms with E-state index in [0.717, 1.165) is 156 Å². The summed E-state index contributed by atoms with van der Waals surface area (Å²) in [6, 6.07) is 32.8. The fourth-order valence-electron chi connectivity index (χ4n) is 15.4. The van der Waals surface area contributed by atoms with E-state index in [2.05, 4.69) is 179 Å². The Morgan fingerprint density at radius 3 is 1.16 bits per heavy atom. The maximum absolute atomic E-state index is 12.2. The summed E-state index contributed by atoms with van der Waals surface area (Å²) in [6.07, 6.45) is 24.2. The summed E-state index contributed by atoms with van der Waals surface area (Å²) in [7, 11) is 36.3. The summed E-state index contributed by atoms with van der Waals surface area (Å²) >= 11 is 6.51. The van der Waals surface area contributed by atoms with Gasteiger partial charge in [0.05, 0.1) is 119 Å². The van der Waals surface area contributed by atoms with Crippen LogP contribution in [0.4, 0.5) is 98.0 Å². The number of ether oxygens (including phenoxy) is 4. The molecule has 41 heteroatoms. The van der Waals surface area contributed by atoms with Crippen molar-refractivity contribution in [2.45, 2.75) is 19.3 Å². The lowest BCUT2D eigenvalue weighted by molar-refractivity contribution is -0.112. The quantitative estimate of drug-likeness (QED) is 0.0165. The minimum Gasteiger partial charge on any atom is -0.494 e. The molecule has 10 heterocycles. The number of amides is 4. The van der Waals surface area contributed by atoms with Crippen LogP contribution < -0.4 is 86.0 Å². The molecule has 0 unspecified atom stereocenters. The fourth-order valence-corrected chi connectivity index (χ4v) is 15.6. The third-order valence-corrected chi connectivity index (χ3v) is 23.8. The number of rotatable bonds is 40. The molecule has 9 aromatic heterocycles. The average molecular weight is 1990 g/mol. The maximum atomic E-state index is 12.2. The molecule has 0 spiro atoms. The summed E-state index contributed by atoms with van der Waals surface area (Å²) in [6.45, 7) is 22.6. The van der Waals surface area contributed by atoms with Crippen LogP contribution in [0.2, 0.25) is 5.02 Å². The van der Waals surface area contributed by atoms with Crippen molar-refractivity contribution in [2.75, 3.05) is 245 Å². The molecule has 5 aromatic carbocycles. The molecule has 0 bridgehead atoms. The minimum absolute atomic E-state index is 0.291. The van der Waals surface area contributed by atoms with E-state index in [1.165, 1.54) is 43.4 Å². The van der Waals surface area contributed by atoms with Gasteiger partial charge in [-0.05, 0) is 173 Å². The van der Waals surface area contributed by atoms with Crippen LogP contribution in [-0.2, 0) is 40.3 Å². The largest absolute Gasteiger partial charge is 0.494 e. The van der Waals surface area contributed by atoms with Gasteiger partial charge in [-0.25, -0.2) is 49.8 Å². The minimum atomic E-state index is -0.315. The second kappa shape index (κ2) is 50.8. The van der Waals surface area contributed by atoms with E-state index >= 15 is 0 Å². The van der Waals surface area contributed by atoms with Crippen LogP contribution in [0.25, 0.3) is 66.9 Å². The molecule has 0 radical (unpaired) electrons. The summed E-state index contributed by atoms with van der Waals surface area (Å²) in [5.41, 5.74) is 14.9. The molecule has 8 N–H and O–H groups in total. The van der Waals surface area contributed by atoms with E-state index in [1.807, 2.05) is 212 Å². The van der Waals surface area contributed by atoms with Crippen molar-refractivity contribution < 1.29 is 38.1 Å². The van der Waals surface area contributed by atoms with Gasteiger partial charge in [-0.15, -0.1) is 0 Å². The van der Waals surface area contributed by atoms with Crippen molar-refractivity contribution in [3.8, 4) is 56.9 Å². The zero-order valence-corrected chi connectivity index (χ0v) is 86.5. The Bertz CT molecular complexity index is 6700. The molecule has 40 nitrogen and oxygen atoms in total. The van der Waals surface area contributed by atoms with E-state index in [-0.39, 0.29) is 23.6 Å². The topological polar surface area (TPSA) is 400 Å². The first-order valence-corrected chi connectivity index (χ1v) is 47.1. The number of benzene rings is 5. The monoisotopic (exact) mass is 1990 g/mol. The van der Waals surface area contributed by atoms with Crippen molar-refractivity contribution in [1.29, 1.82) is 0 Å². The number of pyridine rings is 2. The Morgan fingerprint density at radius 1 is 0.372 bits per heavy atom. The van der Waals surface area contributed by atoms with Crippen LogP contribution in [0.15, 0.2) is 210 Å². The number of nitrogens with one attached hydrogen (secondary N) is 8. The van der Waals surface area contributed by atoms with Gasteiger partial charge in [-0.3, -0.25) is 19.2 Å². The Labute approximate surface area is 850 Å². The first-order valence-electron chi connectivity index (χ1n) is 46.7. The molecule has 760 valence electrons. The zero-order valence-electron chi connectivity index (χ0n) is 85.7. The first kappa shape index (κ1) is 107. The molecule has 1 aliphatic rings. The average Bonchev–Trinajstić information content (AvgIpc) is 1.56. The number of halogens is 1. The van der Waals surface area contributed by atoms with Crippen molar-refractivity contribution in [2.24, 2.45) is 21.1 Å². The number of carbonyl (C=O) groups is 4. The number of hydrogen-bond acceptors (Lipinski definition) is 33. The van der Waals surface area contributed by atoms with Crippen LogP contribution >= 0.6 is 11.6 Å². The van der Waals surface area contributed by atoms with E-state index < -0.39 is 0 Å². The molecule has 1 fully saturated rings. The predicted octanol–water partition coefficient (Wildman–Crippen LogP) is 15.1. The van der Waals surface area contributed by atoms with Crippen molar-refractivity contribution in [3.05, 3.63) is 215 Å². The van der Waals surface area contributed by atoms with Crippen LogP contribution in [0, 0.1) is 0 Å². The van der Waals surface area contributed by atoms with Gasteiger partial charge in [0.1, 0.15) is 46.9 Å². The van der Waals surface area contributed by atoms with Crippen LogP contribution in [-0.4, -0.2) is 295 Å². The second-order valence-electron chi connectivity index (χ2n) is 35.2. The molecule has 14 aromatic rings. The van der Waals surface area contributed by atoms with E-state index in [9.17, 15) is 19.2 Å². The molecule has 0 saturated carbocycles. The second-order valence-corrected chi connectivity index (χ2v) is 35.6. The smallest absolute Gasteiger partial charge is 0.247 e. The summed E-state index contributed by atoms with van der Waals surface area (Å²) in [4.78, 5) is 121. The summed E-state index contributed by atoms with van der Waals surface area (Å²) < 4.78 is 28.7. The number of fused-ring (bicyclic) bond motifs is 3. The molecular formula is C104H129ClN32O8. The third kappa shape index (κ3) is 28.7. The van der Waals surface area contributed by atoms with Crippen LogP contribution in [0.5, 0.6) is 23.0 Å². The predicted molar refractivity (Wildman–Crippen MR) is 584 cm³/mol. The number of likely N-dealkylation sites (N-methyl/N-ethyl adjacent to an activating group) is 8. The maximum Gasteiger partial charge on any atom is 0.247 e. The Balaban J connectivity index is 0.000000172. The highest BCUT2D eigenvalue weighted by atomic mass is 35.5. The molecule has 1 aliphatic heterocycles. The molecule has 15 rings (SSSR count). The van der Waals surface area contributed by atoms with Crippen molar-refractivity contribution >= 4 is 166 Å². The standard InChI is InChI=1S/C28H32ClN7O2.C27H32N8O2.C26H31N9O2.C23H34N8O2/c1-7-26(37)31-21-15-22(25(38-6)16-24(21)36(5)13-12-34(2)3)32-28-30-17-20(29)27(33-28)19-8-9-23-18(14-19)10-11-35(23)4;1-7-25(36)30-21-15-22(24(37-6)16-23(21)34(4)13-12-33(2)3)32-27-28-10-8-20(31-27)19-14-18-9-11-35(5)26(18)29-17-19;1-7-23(36)30-19-13-20(22(37-6)14-21(19)34(4)11-10-33(2)3)31-26-29-16-28-24(32-26)18-12-17-8-9-35(5)25(17)27-15-18;1-6-21(32)26-17-14-18(20(33-5)15-19(17)30(4)13-12-29(2)3)27-22-24-16-25-23(28-22)31-10-8-7-9-11-31/h7-11,14-17H,1,12-13H2,2-6H3,(H,31,37)(H,30,32,33);7-11,14-17H,1,12-13H2,2-6H3,(H,30,36)(H,28,31,32);7-9,12-16H,1,10-11H2,2-6H3,(H,30,36)(H,28,29,31,32);6,14-16H,1,7-13H2,2-5H3,(H,26,32)(H,24,25,27,28). The van der Waals surface area contributed by atoms with Gasteiger partial charge in [0, 0.05) is 215 Å². The van der Waals surface area contributed by atoms with Gasteiger partial charge in [-0.2, -0.15) is 9.97 Å². The van der Waals surface area contributed by atoms with Gasteiger partial charge in [0.15, 0.2) is 5.82 Å². The van der Waals surface area contributed by atoms with Crippen LogP contribution in [0.3, 0.4) is 0 Å². The van der Waals surface area contributed by atoms with Crippen molar-refractivity contribution in [3.63, 3.8) is 0 Å². The number of methoxy groups -OCH3 is 4. The Morgan fingerprint density at radius 2 is 0.745 bits per heavy atom. The molecule has 0 aliphatic carbocycles. The lowest BCUT2D eigenvalue weighted by Crippen LogP contribution is -2.31. The van der Waals surface area contributed by atoms with E-state index in [4.69, 9.17) is 40.5 Å². The highest BCUT2D eigenvalue weighted by Crippen LogP contribution is 2.44. The number of hydrogen-bond donors (Lipinski definition) is 8. The molecule has 0 atom stereocenters. The zero-order chi connectivity index (χ0) is 104. The van der Waals surface area contributed by atoms with Crippen LogP contribution in [0.1, 0.15) is 19.3 Å². The van der Waals surface area contributed by atoms with Gasteiger partial charge < -0.3 is 119 Å². The molecular weight excluding hydrogens is 1860 g/mol. The van der Waals surface area contributed by atoms with Gasteiger partial charge in [-0.1, -0.05) is 44.0 Å².